The maximum atomic E-state index is 13.2. The van der Waals surface area contributed by atoms with E-state index >= 15 is 0 Å². The number of carbonyl (C=O) groups excluding carboxylic acids is 2. The van der Waals surface area contributed by atoms with Crippen molar-refractivity contribution < 1.29 is 14.0 Å². The molecular weight excluding hydrogens is 412 g/mol. The second-order valence-electron chi connectivity index (χ2n) is 7.44. The van der Waals surface area contributed by atoms with Crippen LogP contribution in [0.3, 0.4) is 0 Å². The van der Waals surface area contributed by atoms with Gasteiger partial charge in [0.2, 0.25) is 0 Å². The highest BCUT2D eigenvalue weighted by molar-refractivity contribution is 6.30. The lowest BCUT2D eigenvalue weighted by Gasteiger charge is -2.27. The third kappa shape index (κ3) is 5.25. The summed E-state index contributed by atoms with van der Waals surface area (Å²) in [5, 5.41) is 3.44. The van der Waals surface area contributed by atoms with Gasteiger partial charge in [-0.15, -0.1) is 0 Å². The van der Waals surface area contributed by atoms with Crippen molar-refractivity contribution in [3.8, 4) is 11.3 Å². The number of furan rings is 1. The highest BCUT2D eigenvalue weighted by Crippen LogP contribution is 2.25. The maximum Gasteiger partial charge on any atom is 0.270 e. The molecule has 1 aliphatic heterocycles. The zero-order valence-corrected chi connectivity index (χ0v) is 17.8. The van der Waals surface area contributed by atoms with E-state index in [1.807, 2.05) is 24.3 Å². The van der Waals surface area contributed by atoms with Crippen LogP contribution < -0.4 is 5.32 Å². The van der Waals surface area contributed by atoms with Gasteiger partial charge in [-0.2, -0.15) is 0 Å². The largest absolute Gasteiger partial charge is 0.457 e. The molecule has 2 aromatic carbocycles. The molecule has 0 atom stereocenters. The maximum absolute atomic E-state index is 13.2. The number of hydrogen-bond acceptors (Lipinski definition) is 3. The van der Waals surface area contributed by atoms with Crippen LogP contribution in [0.4, 0.5) is 0 Å². The Hall–Kier alpha value is -3.31. The minimum absolute atomic E-state index is 0.201. The Morgan fingerprint density at radius 2 is 1.61 bits per heavy atom. The smallest absolute Gasteiger partial charge is 0.270 e. The van der Waals surface area contributed by atoms with Gasteiger partial charge < -0.3 is 14.6 Å². The Balaban J connectivity index is 1.61. The molecule has 0 spiro atoms. The molecule has 0 aliphatic carbocycles. The second kappa shape index (κ2) is 9.67. The van der Waals surface area contributed by atoms with Gasteiger partial charge in [-0.1, -0.05) is 29.8 Å². The fourth-order valence-electron chi connectivity index (χ4n) is 3.54. The van der Waals surface area contributed by atoms with Crippen molar-refractivity contribution in [3.63, 3.8) is 0 Å². The number of nitrogens with zero attached hydrogens (tertiary/aromatic N) is 1. The molecule has 1 fully saturated rings. The van der Waals surface area contributed by atoms with E-state index in [-0.39, 0.29) is 17.5 Å². The molecule has 4 rings (SSSR count). The molecule has 1 aliphatic rings. The van der Waals surface area contributed by atoms with Crippen LogP contribution in [0.1, 0.15) is 35.4 Å². The lowest BCUT2D eigenvalue weighted by Crippen LogP contribution is -2.41. The van der Waals surface area contributed by atoms with Crippen molar-refractivity contribution in [2.45, 2.75) is 19.3 Å². The van der Waals surface area contributed by atoms with E-state index in [4.69, 9.17) is 16.0 Å². The quantitative estimate of drug-likeness (QED) is 0.548. The van der Waals surface area contributed by atoms with Gasteiger partial charge >= 0.3 is 0 Å². The number of hydrogen-bond donors (Lipinski definition) is 1. The zero-order valence-electron chi connectivity index (χ0n) is 17.0. The number of amides is 2. The summed E-state index contributed by atoms with van der Waals surface area (Å²) >= 11 is 5.96. The summed E-state index contributed by atoms with van der Waals surface area (Å²) < 4.78 is 5.92. The van der Waals surface area contributed by atoms with E-state index in [1.54, 1.807) is 53.4 Å². The molecule has 0 radical (unpaired) electrons. The van der Waals surface area contributed by atoms with E-state index in [9.17, 15) is 9.59 Å². The van der Waals surface area contributed by atoms with Crippen molar-refractivity contribution in [1.29, 1.82) is 0 Å². The Morgan fingerprint density at radius 3 is 2.32 bits per heavy atom. The monoisotopic (exact) mass is 434 g/mol. The molecule has 31 heavy (non-hydrogen) atoms. The molecule has 0 saturated carbocycles. The van der Waals surface area contributed by atoms with Crippen LogP contribution in [-0.4, -0.2) is 29.8 Å². The Morgan fingerprint density at radius 1 is 0.903 bits per heavy atom. The van der Waals surface area contributed by atoms with Crippen molar-refractivity contribution in [3.05, 3.63) is 88.8 Å². The number of nitrogens with one attached hydrogen (secondary N) is 1. The van der Waals surface area contributed by atoms with Crippen LogP contribution >= 0.6 is 11.6 Å². The number of rotatable bonds is 5. The van der Waals surface area contributed by atoms with Gasteiger partial charge in [0.05, 0.1) is 0 Å². The van der Waals surface area contributed by atoms with E-state index in [0.29, 0.717) is 35.2 Å². The normalized spacial score (nSPS) is 14.4. The molecule has 2 heterocycles. The molecule has 158 valence electrons. The molecule has 1 saturated heterocycles. The summed E-state index contributed by atoms with van der Waals surface area (Å²) in [5.41, 5.74) is 1.56. The Labute approximate surface area is 186 Å². The van der Waals surface area contributed by atoms with Gasteiger partial charge in [-0.25, -0.2) is 0 Å². The first kappa shape index (κ1) is 20.9. The van der Waals surface area contributed by atoms with Crippen molar-refractivity contribution in [2.24, 2.45) is 0 Å². The molecule has 5 nitrogen and oxygen atoms in total. The van der Waals surface area contributed by atoms with Gasteiger partial charge in [0.1, 0.15) is 17.2 Å². The van der Waals surface area contributed by atoms with E-state index in [1.165, 1.54) is 0 Å². The minimum atomic E-state index is -0.332. The topological polar surface area (TPSA) is 62.6 Å². The van der Waals surface area contributed by atoms with Crippen LogP contribution in [0.2, 0.25) is 5.02 Å². The molecule has 3 aromatic rings. The van der Waals surface area contributed by atoms with Crippen LogP contribution in [-0.2, 0) is 4.79 Å². The first-order chi connectivity index (χ1) is 15.1. The Kier molecular flexibility index (Phi) is 6.53. The highest BCUT2D eigenvalue weighted by Gasteiger charge is 2.23. The van der Waals surface area contributed by atoms with E-state index < -0.39 is 0 Å². The fraction of sp³-hybridized carbons (Fsp3) is 0.200. The highest BCUT2D eigenvalue weighted by atomic mass is 35.5. The van der Waals surface area contributed by atoms with Gasteiger partial charge in [0, 0.05) is 35.3 Å². The summed E-state index contributed by atoms with van der Waals surface area (Å²) in [6.07, 6.45) is 4.64. The average Bonchev–Trinajstić information content (AvgIpc) is 3.28. The van der Waals surface area contributed by atoms with Crippen molar-refractivity contribution in [2.75, 3.05) is 13.1 Å². The molecule has 1 aromatic heterocycles. The lowest BCUT2D eigenvalue weighted by molar-refractivity contribution is -0.128. The van der Waals surface area contributed by atoms with Crippen LogP contribution in [0.15, 0.2) is 76.8 Å². The predicted molar refractivity (Wildman–Crippen MR) is 121 cm³/mol. The summed E-state index contributed by atoms with van der Waals surface area (Å²) in [6, 6.07) is 19.8. The number of benzene rings is 2. The standard InChI is InChI=1S/C25H23ClN2O3/c26-20-11-9-18(10-12-20)23-14-13-21(31-23)17-22(25(30)28-15-5-2-6-16-28)27-24(29)19-7-3-1-4-8-19/h1,3-4,7-14,17H,2,5-6,15-16H2,(H,27,29). The molecule has 2 amide bonds. The molecule has 0 bridgehead atoms. The first-order valence-electron chi connectivity index (χ1n) is 10.3. The molecule has 1 N–H and O–H groups in total. The third-order valence-electron chi connectivity index (χ3n) is 5.20. The average molecular weight is 435 g/mol. The number of piperidine rings is 1. The summed E-state index contributed by atoms with van der Waals surface area (Å²) in [5.74, 6) is 0.607. The van der Waals surface area contributed by atoms with Gasteiger partial charge in [0.15, 0.2) is 0 Å². The zero-order chi connectivity index (χ0) is 21.6. The van der Waals surface area contributed by atoms with E-state index in [0.717, 1.165) is 24.8 Å². The third-order valence-corrected chi connectivity index (χ3v) is 5.45. The molecule has 0 unspecified atom stereocenters. The van der Waals surface area contributed by atoms with Gasteiger partial charge in [0.25, 0.3) is 11.8 Å². The van der Waals surface area contributed by atoms with Crippen molar-refractivity contribution in [1.82, 2.24) is 10.2 Å². The van der Waals surface area contributed by atoms with Crippen LogP contribution in [0, 0.1) is 0 Å². The van der Waals surface area contributed by atoms with Crippen molar-refractivity contribution >= 4 is 29.5 Å². The van der Waals surface area contributed by atoms with E-state index in [2.05, 4.69) is 5.32 Å². The summed E-state index contributed by atoms with van der Waals surface area (Å²) in [6.45, 7) is 1.37. The van der Waals surface area contributed by atoms with Crippen LogP contribution in [0.25, 0.3) is 17.4 Å². The summed E-state index contributed by atoms with van der Waals surface area (Å²) in [4.78, 5) is 27.7. The van der Waals surface area contributed by atoms with Gasteiger partial charge in [-0.05, 0) is 67.8 Å². The second-order valence-corrected chi connectivity index (χ2v) is 7.88. The van der Waals surface area contributed by atoms with Gasteiger partial charge in [-0.3, -0.25) is 9.59 Å². The first-order valence-corrected chi connectivity index (χ1v) is 10.7. The predicted octanol–water partition coefficient (Wildman–Crippen LogP) is 5.38. The number of halogens is 1. The fourth-order valence-corrected chi connectivity index (χ4v) is 3.67. The molecular formula is C25H23ClN2O3. The number of carbonyl (C=O) groups is 2. The minimum Gasteiger partial charge on any atom is -0.457 e. The number of likely N-dealkylation sites (tertiary alicyclic amines) is 1. The lowest BCUT2D eigenvalue weighted by atomic mass is 10.1. The summed E-state index contributed by atoms with van der Waals surface area (Å²) in [7, 11) is 0. The van der Waals surface area contributed by atoms with Crippen LogP contribution in [0.5, 0.6) is 0 Å². The Bertz CT molecular complexity index is 1080. The molecule has 6 heteroatoms. The SMILES string of the molecule is O=C(NC(=Cc1ccc(-c2ccc(Cl)cc2)o1)C(=O)N1CCCCC1)c1ccccc1.